The van der Waals surface area contributed by atoms with Gasteiger partial charge in [-0.15, -0.1) is 0 Å². The lowest BCUT2D eigenvalue weighted by molar-refractivity contribution is 0.731. The van der Waals surface area contributed by atoms with E-state index in [0.717, 1.165) is 29.4 Å². The third kappa shape index (κ3) is 2.08. The zero-order chi connectivity index (χ0) is 13.2. The molecule has 6 heteroatoms. The summed E-state index contributed by atoms with van der Waals surface area (Å²) in [5, 5.41) is 3.07. The van der Waals surface area contributed by atoms with Gasteiger partial charge < -0.3 is 9.88 Å². The fourth-order valence-corrected chi connectivity index (χ4v) is 2.84. The van der Waals surface area contributed by atoms with Crippen LogP contribution in [0.3, 0.4) is 0 Å². The van der Waals surface area contributed by atoms with Gasteiger partial charge in [0.1, 0.15) is 11.5 Å². The number of hydrogen-bond donors (Lipinski definition) is 1. The van der Waals surface area contributed by atoms with Crippen LogP contribution in [0.1, 0.15) is 18.4 Å². The molecule has 3 aromatic rings. The van der Waals surface area contributed by atoms with Crippen molar-refractivity contribution in [1.82, 2.24) is 18.3 Å². The number of nitrogens with one attached hydrogen (secondary N) is 1. The molecule has 0 bridgehead atoms. The molecule has 0 atom stereocenters. The van der Waals surface area contributed by atoms with Crippen molar-refractivity contribution in [3.8, 4) is 0 Å². The number of aromatic nitrogens is 4. The van der Waals surface area contributed by atoms with Crippen LogP contribution in [0.15, 0.2) is 24.3 Å². The maximum Gasteiger partial charge on any atom is 0.163 e. The van der Waals surface area contributed by atoms with Crippen molar-refractivity contribution in [2.45, 2.75) is 19.9 Å². The summed E-state index contributed by atoms with van der Waals surface area (Å²) in [5.41, 5.74) is 3.17. The molecular weight excluding hydrogens is 258 g/mol. The van der Waals surface area contributed by atoms with Crippen LogP contribution in [0.25, 0.3) is 11.0 Å². The maximum atomic E-state index is 4.71. The SMILES string of the molecule is CCn1c(Cc2nsnc2NC)nc2ccccc21. The van der Waals surface area contributed by atoms with Crippen molar-refractivity contribution in [2.75, 3.05) is 12.4 Å². The van der Waals surface area contributed by atoms with Crippen molar-refractivity contribution in [3.05, 3.63) is 35.8 Å². The third-order valence-corrected chi connectivity index (χ3v) is 3.73. The zero-order valence-corrected chi connectivity index (χ0v) is 11.7. The van der Waals surface area contributed by atoms with Crippen LogP contribution >= 0.6 is 11.7 Å². The minimum atomic E-state index is 0.704. The first-order chi connectivity index (χ1) is 9.33. The molecule has 0 radical (unpaired) electrons. The molecule has 0 amide bonds. The molecule has 3 rings (SSSR count). The predicted molar refractivity (Wildman–Crippen MR) is 77.7 cm³/mol. The second-order valence-corrected chi connectivity index (χ2v) is 4.78. The average Bonchev–Trinajstić information content (AvgIpc) is 3.02. The first-order valence-electron chi connectivity index (χ1n) is 6.26. The molecular formula is C13H15N5S. The molecule has 0 unspecified atom stereocenters. The molecule has 0 saturated carbocycles. The molecule has 0 aliphatic heterocycles. The highest BCUT2D eigenvalue weighted by Crippen LogP contribution is 2.20. The number of anilines is 1. The second kappa shape index (κ2) is 4.97. The molecule has 0 saturated heterocycles. The number of benzene rings is 1. The van der Waals surface area contributed by atoms with Gasteiger partial charge in [-0.25, -0.2) is 4.98 Å². The molecule has 5 nitrogen and oxygen atoms in total. The Bertz CT molecular complexity index is 700. The topological polar surface area (TPSA) is 55.6 Å². The standard InChI is InChI=1S/C13H15N5S/c1-3-18-11-7-5-4-6-9(11)15-12(18)8-10-13(14-2)17-19-16-10/h4-7H,3,8H2,1-2H3,(H,14,17). The Morgan fingerprint density at radius 3 is 2.89 bits per heavy atom. The van der Waals surface area contributed by atoms with Crippen LogP contribution < -0.4 is 5.32 Å². The summed E-state index contributed by atoms with van der Waals surface area (Å²) in [5.74, 6) is 1.88. The molecule has 2 heterocycles. The van der Waals surface area contributed by atoms with Crippen molar-refractivity contribution < 1.29 is 0 Å². The van der Waals surface area contributed by atoms with E-state index in [2.05, 4.69) is 31.6 Å². The number of nitrogens with zero attached hydrogens (tertiary/aromatic N) is 4. The van der Waals surface area contributed by atoms with Crippen LogP contribution in [-0.2, 0) is 13.0 Å². The predicted octanol–water partition coefficient (Wildman–Crippen LogP) is 2.54. The molecule has 1 N–H and O–H groups in total. The molecule has 0 aliphatic rings. The fourth-order valence-electron chi connectivity index (χ4n) is 2.28. The summed E-state index contributed by atoms with van der Waals surface area (Å²) < 4.78 is 10.8. The van der Waals surface area contributed by atoms with Crippen molar-refractivity contribution in [3.63, 3.8) is 0 Å². The summed E-state index contributed by atoms with van der Waals surface area (Å²) in [6.45, 7) is 3.04. The highest BCUT2D eigenvalue weighted by atomic mass is 32.1. The van der Waals surface area contributed by atoms with Crippen molar-refractivity contribution in [1.29, 1.82) is 0 Å². The lowest BCUT2D eigenvalue weighted by Crippen LogP contribution is -2.04. The second-order valence-electron chi connectivity index (χ2n) is 4.25. The fraction of sp³-hybridized carbons (Fsp3) is 0.308. The Balaban J connectivity index is 2.05. The van der Waals surface area contributed by atoms with E-state index >= 15 is 0 Å². The van der Waals surface area contributed by atoms with Crippen LogP contribution in [-0.4, -0.2) is 25.3 Å². The van der Waals surface area contributed by atoms with Crippen LogP contribution in [0.2, 0.25) is 0 Å². The van der Waals surface area contributed by atoms with E-state index < -0.39 is 0 Å². The first-order valence-corrected chi connectivity index (χ1v) is 6.99. The van der Waals surface area contributed by atoms with Gasteiger partial charge in [-0.1, -0.05) is 12.1 Å². The smallest absolute Gasteiger partial charge is 0.163 e. The molecule has 1 aromatic carbocycles. The Labute approximate surface area is 115 Å². The summed E-state index contributed by atoms with van der Waals surface area (Å²) >= 11 is 1.23. The highest BCUT2D eigenvalue weighted by molar-refractivity contribution is 6.99. The Morgan fingerprint density at radius 1 is 1.26 bits per heavy atom. The lowest BCUT2D eigenvalue weighted by atomic mass is 10.3. The summed E-state index contributed by atoms with van der Waals surface area (Å²) in [4.78, 5) is 4.71. The number of aryl methyl sites for hydroxylation is 1. The highest BCUT2D eigenvalue weighted by Gasteiger charge is 2.13. The van der Waals surface area contributed by atoms with Gasteiger partial charge in [0.05, 0.1) is 29.2 Å². The Morgan fingerprint density at radius 2 is 2.11 bits per heavy atom. The summed E-state index contributed by atoms with van der Waals surface area (Å²) in [6.07, 6.45) is 0.704. The molecule has 0 spiro atoms. The van der Waals surface area contributed by atoms with E-state index in [0.29, 0.717) is 6.42 Å². The quantitative estimate of drug-likeness (QED) is 0.793. The maximum absolute atomic E-state index is 4.71. The molecule has 2 aromatic heterocycles. The third-order valence-electron chi connectivity index (χ3n) is 3.17. The van der Waals surface area contributed by atoms with Gasteiger partial charge in [0.2, 0.25) is 0 Å². The van der Waals surface area contributed by atoms with Gasteiger partial charge in [0.15, 0.2) is 5.82 Å². The van der Waals surface area contributed by atoms with E-state index in [1.165, 1.54) is 17.2 Å². The number of rotatable bonds is 4. The van der Waals surface area contributed by atoms with Crippen LogP contribution in [0.4, 0.5) is 5.82 Å². The lowest BCUT2D eigenvalue weighted by Gasteiger charge is -2.05. The molecule has 98 valence electrons. The van der Waals surface area contributed by atoms with Crippen molar-refractivity contribution >= 4 is 28.6 Å². The normalized spacial score (nSPS) is 11.1. The minimum absolute atomic E-state index is 0.704. The van der Waals surface area contributed by atoms with Gasteiger partial charge in [0, 0.05) is 13.6 Å². The van der Waals surface area contributed by atoms with E-state index in [1.54, 1.807) is 0 Å². The molecule has 19 heavy (non-hydrogen) atoms. The van der Waals surface area contributed by atoms with Crippen LogP contribution in [0.5, 0.6) is 0 Å². The van der Waals surface area contributed by atoms with Gasteiger partial charge in [0.25, 0.3) is 0 Å². The molecule has 0 aliphatic carbocycles. The number of hydrogen-bond acceptors (Lipinski definition) is 5. The van der Waals surface area contributed by atoms with Crippen molar-refractivity contribution in [2.24, 2.45) is 0 Å². The largest absolute Gasteiger partial charge is 0.371 e. The van der Waals surface area contributed by atoms with E-state index in [1.807, 2.05) is 25.2 Å². The summed E-state index contributed by atoms with van der Waals surface area (Å²) in [7, 11) is 1.86. The summed E-state index contributed by atoms with van der Waals surface area (Å²) in [6, 6.07) is 8.21. The Hall–Kier alpha value is -1.95. The van der Waals surface area contributed by atoms with E-state index in [-0.39, 0.29) is 0 Å². The molecule has 0 fully saturated rings. The monoisotopic (exact) mass is 273 g/mol. The first kappa shape index (κ1) is 12.1. The number of fused-ring (bicyclic) bond motifs is 1. The van der Waals surface area contributed by atoms with Gasteiger partial charge in [-0.05, 0) is 19.1 Å². The number of para-hydroxylation sites is 2. The minimum Gasteiger partial charge on any atom is -0.371 e. The zero-order valence-electron chi connectivity index (χ0n) is 10.9. The van der Waals surface area contributed by atoms with E-state index in [9.17, 15) is 0 Å². The van der Waals surface area contributed by atoms with Gasteiger partial charge in [-0.3, -0.25) is 0 Å². The van der Waals surface area contributed by atoms with Crippen LogP contribution in [0, 0.1) is 0 Å². The van der Waals surface area contributed by atoms with Gasteiger partial charge >= 0.3 is 0 Å². The number of imidazole rings is 1. The van der Waals surface area contributed by atoms with Gasteiger partial charge in [-0.2, -0.15) is 8.75 Å². The average molecular weight is 273 g/mol. The Kier molecular flexibility index (Phi) is 3.16. The van der Waals surface area contributed by atoms with E-state index in [4.69, 9.17) is 4.98 Å².